The van der Waals surface area contributed by atoms with Crippen LogP contribution in [0, 0.1) is 5.41 Å². The lowest BCUT2D eigenvalue weighted by Crippen LogP contribution is -2.42. The maximum atomic E-state index is 4.28. The molecule has 2 aliphatic rings. The van der Waals surface area contributed by atoms with Crippen molar-refractivity contribution in [1.82, 2.24) is 5.32 Å². The standard InChI is InChI=1S/C14H21N/c1-6-12-13(10(3)15-12)11-7-8-14(4,5)9(11)2/h6,10,15H,2,7-8H2,1,3-5H3/b12-6+,13-11-. The third-order valence-electron chi connectivity index (χ3n) is 3.89. The predicted molar refractivity (Wildman–Crippen MR) is 65.5 cm³/mol. The summed E-state index contributed by atoms with van der Waals surface area (Å²) in [6.45, 7) is 13.2. The molecular formula is C14H21N. The van der Waals surface area contributed by atoms with Gasteiger partial charge in [0.25, 0.3) is 0 Å². The molecule has 1 unspecified atom stereocenters. The van der Waals surface area contributed by atoms with Gasteiger partial charge >= 0.3 is 0 Å². The minimum absolute atomic E-state index is 0.302. The van der Waals surface area contributed by atoms with Gasteiger partial charge in [-0.2, -0.15) is 0 Å². The SMILES string of the molecule is C=C1/C(=C2\C(=C/C)NC2C)CCC1(C)C. The van der Waals surface area contributed by atoms with E-state index in [9.17, 15) is 0 Å². The highest BCUT2D eigenvalue weighted by Gasteiger charge is 2.37. The first kappa shape index (κ1) is 10.5. The van der Waals surface area contributed by atoms with Gasteiger partial charge in [-0.05, 0) is 43.3 Å². The molecule has 0 aromatic rings. The van der Waals surface area contributed by atoms with Gasteiger partial charge in [-0.25, -0.2) is 0 Å². The summed E-state index contributed by atoms with van der Waals surface area (Å²) in [5.74, 6) is 0. The third kappa shape index (κ3) is 1.45. The van der Waals surface area contributed by atoms with Crippen LogP contribution in [0.1, 0.15) is 40.5 Å². The van der Waals surface area contributed by atoms with Gasteiger partial charge in [0.1, 0.15) is 0 Å². The second-order valence-electron chi connectivity index (χ2n) is 5.32. The van der Waals surface area contributed by atoms with Gasteiger partial charge in [-0.1, -0.05) is 26.5 Å². The predicted octanol–water partition coefficient (Wildman–Crippen LogP) is 3.55. The molecule has 0 spiro atoms. The van der Waals surface area contributed by atoms with E-state index in [1.165, 1.54) is 35.3 Å². The first-order valence-electron chi connectivity index (χ1n) is 5.83. The molecule has 2 rings (SSSR count). The molecule has 15 heavy (non-hydrogen) atoms. The third-order valence-corrected chi connectivity index (χ3v) is 3.89. The molecular weight excluding hydrogens is 182 g/mol. The summed E-state index contributed by atoms with van der Waals surface area (Å²) in [4.78, 5) is 0. The van der Waals surface area contributed by atoms with Crippen molar-refractivity contribution >= 4 is 0 Å². The molecule has 82 valence electrons. The zero-order valence-electron chi connectivity index (χ0n) is 10.3. The van der Waals surface area contributed by atoms with Crippen molar-refractivity contribution in [3.8, 4) is 0 Å². The molecule has 0 bridgehead atoms. The van der Waals surface area contributed by atoms with E-state index >= 15 is 0 Å². The van der Waals surface area contributed by atoms with Gasteiger partial charge in [0.05, 0.1) is 6.04 Å². The van der Waals surface area contributed by atoms with Crippen LogP contribution < -0.4 is 5.32 Å². The molecule has 0 aromatic heterocycles. The van der Waals surface area contributed by atoms with Crippen LogP contribution in [0.3, 0.4) is 0 Å². The molecule has 1 heterocycles. The maximum absolute atomic E-state index is 4.28. The molecule has 1 atom stereocenters. The van der Waals surface area contributed by atoms with Gasteiger partial charge in [-0.15, -0.1) is 0 Å². The lowest BCUT2D eigenvalue weighted by Gasteiger charge is -2.35. The Balaban J connectivity index is 2.39. The zero-order chi connectivity index (χ0) is 11.2. The molecule has 1 saturated carbocycles. The van der Waals surface area contributed by atoms with Crippen molar-refractivity contribution in [2.24, 2.45) is 5.41 Å². The number of nitrogens with one attached hydrogen (secondary N) is 1. The Morgan fingerprint density at radius 1 is 1.47 bits per heavy atom. The molecule has 1 heteroatoms. The van der Waals surface area contributed by atoms with E-state index in [4.69, 9.17) is 0 Å². The number of allylic oxidation sites excluding steroid dienone is 3. The van der Waals surface area contributed by atoms with Crippen LogP contribution in [0.25, 0.3) is 0 Å². The summed E-state index contributed by atoms with van der Waals surface area (Å²) < 4.78 is 0. The fraction of sp³-hybridized carbons (Fsp3) is 0.571. The van der Waals surface area contributed by atoms with Crippen LogP contribution in [-0.4, -0.2) is 6.04 Å². The van der Waals surface area contributed by atoms with E-state index in [1.54, 1.807) is 0 Å². The van der Waals surface area contributed by atoms with Gasteiger partial charge in [-0.3, -0.25) is 0 Å². The van der Waals surface area contributed by atoms with Gasteiger partial charge in [0.15, 0.2) is 0 Å². The number of hydrogen-bond acceptors (Lipinski definition) is 1. The Labute approximate surface area is 93.0 Å². The monoisotopic (exact) mass is 203 g/mol. The van der Waals surface area contributed by atoms with Crippen LogP contribution in [0.5, 0.6) is 0 Å². The first-order chi connectivity index (χ1) is 6.97. The fourth-order valence-corrected chi connectivity index (χ4v) is 2.65. The van der Waals surface area contributed by atoms with E-state index in [0.29, 0.717) is 11.5 Å². The molecule has 1 aliphatic carbocycles. The molecule has 1 saturated heterocycles. The molecule has 1 aliphatic heterocycles. The molecule has 0 amide bonds. The minimum atomic E-state index is 0.302. The number of hydrogen-bond donors (Lipinski definition) is 1. The largest absolute Gasteiger partial charge is 0.378 e. The van der Waals surface area contributed by atoms with Crippen molar-refractivity contribution < 1.29 is 0 Å². The Kier molecular flexibility index (Phi) is 2.29. The Bertz CT molecular complexity index is 369. The van der Waals surface area contributed by atoms with Crippen molar-refractivity contribution in [2.75, 3.05) is 0 Å². The quantitative estimate of drug-likeness (QED) is 0.635. The minimum Gasteiger partial charge on any atom is -0.378 e. The lowest BCUT2D eigenvalue weighted by molar-refractivity contribution is 0.463. The molecule has 1 N–H and O–H groups in total. The van der Waals surface area contributed by atoms with E-state index in [0.717, 1.165) is 0 Å². The highest BCUT2D eigenvalue weighted by atomic mass is 15.0. The summed E-state index contributed by atoms with van der Waals surface area (Å²) in [5, 5.41) is 3.43. The van der Waals surface area contributed by atoms with E-state index < -0.39 is 0 Å². The molecule has 1 nitrogen and oxygen atoms in total. The molecule has 2 fully saturated rings. The van der Waals surface area contributed by atoms with Crippen LogP contribution in [0.4, 0.5) is 0 Å². The smallest absolute Gasteiger partial charge is 0.0508 e. The summed E-state index contributed by atoms with van der Waals surface area (Å²) in [5.41, 5.74) is 5.99. The van der Waals surface area contributed by atoms with Crippen molar-refractivity contribution in [1.29, 1.82) is 0 Å². The van der Waals surface area contributed by atoms with E-state index in [-0.39, 0.29) is 0 Å². The number of rotatable bonds is 0. The maximum Gasteiger partial charge on any atom is 0.0508 e. The summed E-state index contributed by atoms with van der Waals surface area (Å²) in [6, 6.07) is 0.511. The second-order valence-corrected chi connectivity index (χ2v) is 5.32. The summed E-state index contributed by atoms with van der Waals surface area (Å²) >= 11 is 0. The first-order valence-corrected chi connectivity index (χ1v) is 5.83. The Hall–Kier alpha value is -0.980. The molecule has 0 radical (unpaired) electrons. The average Bonchev–Trinajstić information content (AvgIpc) is 2.41. The van der Waals surface area contributed by atoms with E-state index in [1.807, 2.05) is 0 Å². The van der Waals surface area contributed by atoms with Crippen molar-refractivity contribution in [2.45, 2.75) is 46.6 Å². The Morgan fingerprint density at radius 2 is 2.13 bits per heavy atom. The van der Waals surface area contributed by atoms with Crippen molar-refractivity contribution in [3.63, 3.8) is 0 Å². The lowest BCUT2D eigenvalue weighted by atomic mass is 9.83. The topological polar surface area (TPSA) is 12.0 Å². The highest BCUT2D eigenvalue weighted by Crippen LogP contribution is 2.48. The van der Waals surface area contributed by atoms with Crippen LogP contribution in [0.2, 0.25) is 0 Å². The van der Waals surface area contributed by atoms with Gasteiger partial charge < -0.3 is 5.32 Å². The molecule has 0 aromatic carbocycles. The van der Waals surface area contributed by atoms with Gasteiger partial charge in [0, 0.05) is 11.3 Å². The fourth-order valence-electron chi connectivity index (χ4n) is 2.65. The average molecular weight is 203 g/mol. The summed E-state index contributed by atoms with van der Waals surface area (Å²) in [7, 11) is 0. The van der Waals surface area contributed by atoms with Crippen LogP contribution in [-0.2, 0) is 0 Å². The van der Waals surface area contributed by atoms with Crippen molar-refractivity contribution in [3.05, 3.63) is 35.1 Å². The highest BCUT2D eigenvalue weighted by molar-refractivity contribution is 5.54. The Morgan fingerprint density at radius 3 is 2.53 bits per heavy atom. The van der Waals surface area contributed by atoms with Gasteiger partial charge in [0.2, 0.25) is 0 Å². The zero-order valence-corrected chi connectivity index (χ0v) is 10.3. The van der Waals surface area contributed by atoms with Crippen LogP contribution >= 0.6 is 0 Å². The van der Waals surface area contributed by atoms with Crippen LogP contribution in [0.15, 0.2) is 35.1 Å². The second kappa shape index (κ2) is 3.26. The summed E-state index contributed by atoms with van der Waals surface area (Å²) in [6.07, 6.45) is 4.61. The normalized spacial score (nSPS) is 36.7. The van der Waals surface area contributed by atoms with E-state index in [2.05, 4.69) is 45.7 Å².